The van der Waals surface area contributed by atoms with Crippen molar-refractivity contribution in [2.24, 2.45) is 7.05 Å². The minimum Gasteiger partial charge on any atom is -0.378 e. The van der Waals surface area contributed by atoms with Gasteiger partial charge in [-0.15, -0.1) is 0 Å². The van der Waals surface area contributed by atoms with E-state index in [1.807, 2.05) is 49.5 Å². The van der Waals surface area contributed by atoms with Crippen molar-refractivity contribution in [3.05, 3.63) is 54.4 Å². The van der Waals surface area contributed by atoms with Gasteiger partial charge in [0.05, 0.1) is 17.6 Å². The van der Waals surface area contributed by atoms with Crippen LogP contribution in [0.4, 0.5) is 16.2 Å². The van der Waals surface area contributed by atoms with E-state index in [9.17, 15) is 4.79 Å². The Bertz CT molecular complexity index is 917. The van der Waals surface area contributed by atoms with Crippen molar-refractivity contribution in [1.29, 1.82) is 0 Å². The number of hydrogen-bond acceptors (Lipinski definition) is 3. The number of rotatable bonds is 4. The fourth-order valence-electron chi connectivity index (χ4n) is 3.19. The number of fused-ring (bicyclic) bond motifs is 1. The summed E-state index contributed by atoms with van der Waals surface area (Å²) in [7, 11) is 2.03. The summed E-state index contributed by atoms with van der Waals surface area (Å²) in [6, 6.07) is 16.0. The maximum Gasteiger partial charge on any atom is 0.321 e. The van der Waals surface area contributed by atoms with Gasteiger partial charge < -0.3 is 15.2 Å². The van der Waals surface area contributed by atoms with Crippen LogP contribution in [0.5, 0.6) is 0 Å². The minimum absolute atomic E-state index is 0.0289. The van der Waals surface area contributed by atoms with Crippen molar-refractivity contribution < 1.29 is 4.79 Å². The smallest absolute Gasteiger partial charge is 0.321 e. The first-order valence-corrected chi connectivity index (χ1v) is 8.52. The zero-order chi connectivity index (χ0) is 17.2. The van der Waals surface area contributed by atoms with Gasteiger partial charge >= 0.3 is 6.03 Å². The second-order valence-corrected chi connectivity index (χ2v) is 6.22. The molecule has 0 unspecified atom stereocenters. The van der Waals surface area contributed by atoms with E-state index >= 15 is 0 Å². The molecule has 0 atom stereocenters. The highest BCUT2D eigenvalue weighted by Crippen LogP contribution is 2.22. The number of para-hydroxylation sites is 2. The Labute approximate surface area is 146 Å². The van der Waals surface area contributed by atoms with Gasteiger partial charge in [0.15, 0.2) is 0 Å². The number of imidazole rings is 1. The van der Waals surface area contributed by atoms with Crippen LogP contribution in [0.1, 0.15) is 12.2 Å². The summed E-state index contributed by atoms with van der Waals surface area (Å²) in [5, 5.41) is 6.30. The molecule has 0 radical (unpaired) electrons. The Morgan fingerprint density at radius 3 is 2.92 bits per heavy atom. The van der Waals surface area contributed by atoms with Gasteiger partial charge in [0.2, 0.25) is 0 Å². The van der Waals surface area contributed by atoms with Crippen molar-refractivity contribution in [2.45, 2.75) is 13.0 Å². The standard InChI is InChI=1S/C19H21N5O/c1-23-17-9-3-2-8-16(17)22-18(23)13-21-14-6-4-7-15(12-14)24-11-5-10-20-19(24)25/h2-4,6-9,12,21H,5,10-11,13H2,1H3,(H,20,25). The van der Waals surface area contributed by atoms with Crippen LogP contribution in [0.15, 0.2) is 48.5 Å². The third-order valence-electron chi connectivity index (χ3n) is 4.57. The van der Waals surface area contributed by atoms with Crippen LogP contribution in [0, 0.1) is 0 Å². The molecule has 1 aliphatic heterocycles. The van der Waals surface area contributed by atoms with E-state index in [4.69, 9.17) is 0 Å². The average molecular weight is 335 g/mol. The molecule has 1 fully saturated rings. The lowest BCUT2D eigenvalue weighted by molar-refractivity contribution is 0.243. The van der Waals surface area contributed by atoms with Crippen LogP contribution in [0.25, 0.3) is 11.0 Å². The summed E-state index contributed by atoms with van der Waals surface area (Å²) in [5.74, 6) is 0.974. The summed E-state index contributed by atoms with van der Waals surface area (Å²) in [5.41, 5.74) is 4.01. The number of amides is 2. The summed E-state index contributed by atoms with van der Waals surface area (Å²) in [6.45, 7) is 2.13. The number of nitrogens with zero attached hydrogens (tertiary/aromatic N) is 3. The number of urea groups is 1. The van der Waals surface area contributed by atoms with Gasteiger partial charge in [-0.1, -0.05) is 18.2 Å². The lowest BCUT2D eigenvalue weighted by atomic mass is 10.2. The van der Waals surface area contributed by atoms with Crippen molar-refractivity contribution >= 4 is 28.4 Å². The van der Waals surface area contributed by atoms with Gasteiger partial charge in [-0.3, -0.25) is 4.90 Å². The number of aryl methyl sites for hydroxylation is 1. The van der Waals surface area contributed by atoms with Crippen LogP contribution >= 0.6 is 0 Å². The molecule has 2 N–H and O–H groups in total. The maximum absolute atomic E-state index is 12.0. The number of carbonyl (C=O) groups excluding carboxylic acids is 1. The monoisotopic (exact) mass is 335 g/mol. The lowest BCUT2D eigenvalue weighted by Crippen LogP contribution is -2.46. The summed E-state index contributed by atoms with van der Waals surface area (Å²) < 4.78 is 2.10. The molecule has 4 rings (SSSR count). The fourth-order valence-corrected chi connectivity index (χ4v) is 3.19. The van der Waals surface area contributed by atoms with E-state index in [1.54, 1.807) is 4.90 Å². The van der Waals surface area contributed by atoms with E-state index in [0.29, 0.717) is 6.54 Å². The molecule has 3 aromatic rings. The number of benzene rings is 2. The van der Waals surface area contributed by atoms with Crippen molar-refractivity contribution in [2.75, 3.05) is 23.3 Å². The van der Waals surface area contributed by atoms with E-state index < -0.39 is 0 Å². The normalized spacial score (nSPS) is 14.6. The Hall–Kier alpha value is -3.02. The van der Waals surface area contributed by atoms with Gasteiger partial charge in [-0.05, 0) is 36.8 Å². The van der Waals surface area contributed by atoms with Crippen molar-refractivity contribution in [1.82, 2.24) is 14.9 Å². The van der Waals surface area contributed by atoms with Gasteiger partial charge in [0.25, 0.3) is 0 Å². The third kappa shape index (κ3) is 3.03. The highest BCUT2D eigenvalue weighted by Gasteiger charge is 2.19. The van der Waals surface area contributed by atoms with Gasteiger partial charge in [0, 0.05) is 31.5 Å². The molecule has 6 heteroatoms. The van der Waals surface area contributed by atoms with E-state index in [-0.39, 0.29) is 6.03 Å². The second kappa shape index (κ2) is 6.47. The van der Waals surface area contributed by atoms with Gasteiger partial charge in [-0.2, -0.15) is 0 Å². The quantitative estimate of drug-likeness (QED) is 0.770. The maximum atomic E-state index is 12.0. The summed E-state index contributed by atoms with van der Waals surface area (Å²) >= 11 is 0. The van der Waals surface area contributed by atoms with Crippen LogP contribution < -0.4 is 15.5 Å². The third-order valence-corrected chi connectivity index (χ3v) is 4.57. The molecule has 1 saturated heterocycles. The largest absolute Gasteiger partial charge is 0.378 e. The molecule has 0 saturated carbocycles. The zero-order valence-corrected chi connectivity index (χ0v) is 14.2. The molecule has 2 heterocycles. The molecule has 2 aromatic carbocycles. The van der Waals surface area contributed by atoms with E-state index in [1.165, 1.54) is 0 Å². The highest BCUT2D eigenvalue weighted by atomic mass is 16.2. The number of nitrogens with one attached hydrogen (secondary N) is 2. The Balaban J connectivity index is 1.52. The highest BCUT2D eigenvalue weighted by molar-refractivity contribution is 5.93. The number of hydrogen-bond donors (Lipinski definition) is 2. The van der Waals surface area contributed by atoms with Gasteiger partial charge in [0.1, 0.15) is 5.82 Å². The van der Waals surface area contributed by atoms with E-state index in [0.717, 1.165) is 47.7 Å². The Morgan fingerprint density at radius 1 is 1.20 bits per heavy atom. The first kappa shape index (κ1) is 15.5. The topological polar surface area (TPSA) is 62.2 Å². The van der Waals surface area contributed by atoms with Crippen LogP contribution in [0.3, 0.4) is 0 Å². The number of anilines is 2. The number of aromatic nitrogens is 2. The Morgan fingerprint density at radius 2 is 2.08 bits per heavy atom. The molecule has 1 aromatic heterocycles. The molecule has 128 valence electrons. The molecule has 2 amide bonds. The van der Waals surface area contributed by atoms with E-state index in [2.05, 4.69) is 26.3 Å². The number of carbonyl (C=O) groups is 1. The average Bonchev–Trinajstić information content (AvgIpc) is 2.97. The molecule has 1 aliphatic rings. The van der Waals surface area contributed by atoms with Crippen LogP contribution in [-0.4, -0.2) is 28.7 Å². The molecular weight excluding hydrogens is 314 g/mol. The lowest BCUT2D eigenvalue weighted by Gasteiger charge is -2.27. The van der Waals surface area contributed by atoms with Crippen LogP contribution in [0.2, 0.25) is 0 Å². The first-order valence-electron chi connectivity index (χ1n) is 8.52. The molecule has 0 bridgehead atoms. The van der Waals surface area contributed by atoms with Crippen molar-refractivity contribution in [3.63, 3.8) is 0 Å². The predicted molar refractivity (Wildman–Crippen MR) is 99.8 cm³/mol. The predicted octanol–water partition coefficient (Wildman–Crippen LogP) is 3.11. The summed E-state index contributed by atoms with van der Waals surface area (Å²) in [6.07, 6.45) is 0.962. The molecular formula is C19H21N5O. The van der Waals surface area contributed by atoms with Crippen LogP contribution in [-0.2, 0) is 13.6 Å². The minimum atomic E-state index is -0.0289. The first-order chi connectivity index (χ1) is 12.2. The molecule has 6 nitrogen and oxygen atoms in total. The molecule has 0 spiro atoms. The zero-order valence-electron chi connectivity index (χ0n) is 14.2. The summed E-state index contributed by atoms with van der Waals surface area (Å²) in [4.78, 5) is 18.5. The fraction of sp³-hybridized carbons (Fsp3) is 0.263. The SMILES string of the molecule is Cn1c(CNc2cccc(N3CCCNC3=O)c2)nc2ccccc21. The molecule has 25 heavy (non-hydrogen) atoms. The van der Waals surface area contributed by atoms with Gasteiger partial charge in [-0.25, -0.2) is 9.78 Å². The van der Waals surface area contributed by atoms with Crippen molar-refractivity contribution in [3.8, 4) is 0 Å². The second-order valence-electron chi connectivity index (χ2n) is 6.22. The molecule has 0 aliphatic carbocycles. The Kier molecular flexibility index (Phi) is 4.01.